The molecule has 1 saturated carbocycles. The smallest absolute Gasteiger partial charge is 0.195 e. The SMILES string of the molecule is CN(C)C(=NC1CC1c1cccc(Cl)c1)N(C)C. The second-order valence-corrected chi connectivity index (χ2v) is 5.62. The largest absolute Gasteiger partial charge is 0.349 e. The number of guanidine groups is 1. The van der Waals surface area contributed by atoms with Gasteiger partial charge < -0.3 is 9.80 Å². The lowest BCUT2D eigenvalue weighted by molar-refractivity contribution is 0.479. The lowest BCUT2D eigenvalue weighted by atomic mass is 10.1. The number of halogens is 1. The van der Waals surface area contributed by atoms with E-state index in [1.807, 2.05) is 56.2 Å². The predicted octanol–water partition coefficient (Wildman–Crippen LogP) is 2.68. The Morgan fingerprint density at radius 1 is 1.22 bits per heavy atom. The second kappa shape index (κ2) is 5.19. The number of aliphatic imine (C=N–C) groups is 1. The lowest BCUT2D eigenvalue weighted by Crippen LogP contribution is -2.35. The maximum absolute atomic E-state index is 6.02. The van der Waals surface area contributed by atoms with Crippen LogP contribution in [0.5, 0.6) is 0 Å². The first-order valence-electron chi connectivity index (χ1n) is 6.17. The summed E-state index contributed by atoms with van der Waals surface area (Å²) in [4.78, 5) is 8.90. The fourth-order valence-corrected chi connectivity index (χ4v) is 2.40. The van der Waals surface area contributed by atoms with Gasteiger partial charge in [-0.3, -0.25) is 0 Å². The van der Waals surface area contributed by atoms with Crippen LogP contribution in [0.3, 0.4) is 0 Å². The Morgan fingerprint density at radius 2 is 1.89 bits per heavy atom. The number of nitrogens with zero attached hydrogens (tertiary/aromatic N) is 3. The van der Waals surface area contributed by atoms with Crippen molar-refractivity contribution in [1.29, 1.82) is 0 Å². The summed E-state index contributed by atoms with van der Waals surface area (Å²) in [6, 6.07) is 8.50. The first-order valence-corrected chi connectivity index (χ1v) is 6.54. The topological polar surface area (TPSA) is 18.8 Å². The molecule has 98 valence electrons. The van der Waals surface area contributed by atoms with Crippen molar-refractivity contribution in [3.05, 3.63) is 34.9 Å². The molecule has 1 aliphatic rings. The van der Waals surface area contributed by atoms with E-state index in [1.54, 1.807) is 0 Å². The van der Waals surface area contributed by atoms with Gasteiger partial charge in [-0.15, -0.1) is 0 Å². The monoisotopic (exact) mass is 265 g/mol. The van der Waals surface area contributed by atoms with Crippen LogP contribution in [-0.4, -0.2) is 50.0 Å². The summed E-state index contributed by atoms with van der Waals surface area (Å²) in [6.07, 6.45) is 1.12. The van der Waals surface area contributed by atoms with Crippen molar-refractivity contribution in [3.63, 3.8) is 0 Å². The molecule has 1 aliphatic carbocycles. The number of rotatable bonds is 2. The van der Waals surface area contributed by atoms with Crippen LogP contribution in [0.25, 0.3) is 0 Å². The Bertz CT molecular complexity index is 444. The Morgan fingerprint density at radius 3 is 2.44 bits per heavy atom. The van der Waals surface area contributed by atoms with E-state index in [-0.39, 0.29) is 0 Å². The standard InChI is InChI=1S/C14H20ClN3/c1-17(2)14(18(3)4)16-13-9-12(13)10-6-5-7-11(15)8-10/h5-8,12-13H,9H2,1-4H3. The fourth-order valence-electron chi connectivity index (χ4n) is 2.20. The van der Waals surface area contributed by atoms with E-state index in [1.165, 1.54) is 5.56 Å². The highest BCUT2D eigenvalue weighted by atomic mass is 35.5. The Hall–Kier alpha value is -1.22. The van der Waals surface area contributed by atoms with E-state index in [2.05, 4.69) is 6.07 Å². The van der Waals surface area contributed by atoms with Gasteiger partial charge in [-0.1, -0.05) is 23.7 Å². The van der Waals surface area contributed by atoms with E-state index >= 15 is 0 Å². The van der Waals surface area contributed by atoms with Crippen LogP contribution >= 0.6 is 11.6 Å². The maximum atomic E-state index is 6.02. The molecule has 0 heterocycles. The van der Waals surface area contributed by atoms with E-state index in [0.717, 1.165) is 17.4 Å². The summed E-state index contributed by atoms with van der Waals surface area (Å²) >= 11 is 6.02. The summed E-state index contributed by atoms with van der Waals surface area (Å²) < 4.78 is 0. The van der Waals surface area contributed by atoms with E-state index in [9.17, 15) is 0 Å². The molecular weight excluding hydrogens is 246 g/mol. The molecule has 0 N–H and O–H groups in total. The van der Waals surface area contributed by atoms with E-state index < -0.39 is 0 Å². The van der Waals surface area contributed by atoms with Crippen LogP contribution in [-0.2, 0) is 0 Å². The Kier molecular flexibility index (Phi) is 3.81. The third kappa shape index (κ3) is 2.96. The van der Waals surface area contributed by atoms with Crippen molar-refractivity contribution in [2.24, 2.45) is 4.99 Å². The van der Waals surface area contributed by atoms with Crippen LogP contribution in [0.2, 0.25) is 5.02 Å². The molecule has 2 unspecified atom stereocenters. The molecule has 0 bridgehead atoms. The minimum Gasteiger partial charge on any atom is -0.349 e. The van der Waals surface area contributed by atoms with Gasteiger partial charge in [0.1, 0.15) is 0 Å². The minimum atomic E-state index is 0.392. The van der Waals surface area contributed by atoms with Crippen molar-refractivity contribution in [3.8, 4) is 0 Å². The molecule has 0 amide bonds. The fraction of sp³-hybridized carbons (Fsp3) is 0.500. The molecule has 0 aliphatic heterocycles. The van der Waals surface area contributed by atoms with Crippen molar-refractivity contribution in [2.45, 2.75) is 18.4 Å². The highest BCUT2D eigenvalue weighted by Gasteiger charge is 2.39. The van der Waals surface area contributed by atoms with Gasteiger partial charge in [0.15, 0.2) is 5.96 Å². The molecule has 0 saturated heterocycles. The highest BCUT2D eigenvalue weighted by molar-refractivity contribution is 6.30. The molecule has 0 spiro atoms. The summed E-state index contributed by atoms with van der Waals surface area (Å²) in [5.74, 6) is 1.54. The number of hydrogen-bond acceptors (Lipinski definition) is 1. The minimum absolute atomic E-state index is 0.392. The van der Waals surface area contributed by atoms with Gasteiger partial charge in [0, 0.05) is 39.1 Å². The lowest BCUT2D eigenvalue weighted by Gasteiger charge is -2.22. The normalized spacial score (nSPS) is 21.4. The van der Waals surface area contributed by atoms with Gasteiger partial charge in [-0.25, -0.2) is 4.99 Å². The van der Waals surface area contributed by atoms with E-state index in [0.29, 0.717) is 12.0 Å². The van der Waals surface area contributed by atoms with Crippen LogP contribution in [0.1, 0.15) is 17.9 Å². The first-order chi connectivity index (χ1) is 8.49. The molecule has 2 atom stereocenters. The van der Waals surface area contributed by atoms with Crippen molar-refractivity contribution < 1.29 is 0 Å². The average molecular weight is 266 g/mol. The van der Waals surface area contributed by atoms with Crippen molar-refractivity contribution >= 4 is 17.6 Å². The maximum Gasteiger partial charge on any atom is 0.195 e. The van der Waals surface area contributed by atoms with Gasteiger partial charge >= 0.3 is 0 Å². The van der Waals surface area contributed by atoms with Gasteiger partial charge in [0.2, 0.25) is 0 Å². The second-order valence-electron chi connectivity index (χ2n) is 5.18. The zero-order chi connectivity index (χ0) is 13.3. The van der Waals surface area contributed by atoms with Crippen LogP contribution in [0.15, 0.2) is 29.3 Å². The summed E-state index contributed by atoms with van der Waals surface area (Å²) in [5, 5.41) is 0.808. The Balaban J connectivity index is 2.09. The zero-order valence-electron chi connectivity index (χ0n) is 11.4. The molecule has 4 heteroatoms. The summed E-state index contributed by atoms with van der Waals surface area (Å²) in [7, 11) is 8.09. The van der Waals surface area contributed by atoms with Crippen molar-refractivity contribution in [2.75, 3.05) is 28.2 Å². The van der Waals surface area contributed by atoms with Gasteiger partial charge in [0.25, 0.3) is 0 Å². The van der Waals surface area contributed by atoms with Crippen molar-refractivity contribution in [1.82, 2.24) is 9.80 Å². The quantitative estimate of drug-likeness (QED) is 0.605. The molecule has 18 heavy (non-hydrogen) atoms. The first kappa shape index (κ1) is 13.2. The van der Waals surface area contributed by atoms with Gasteiger partial charge in [-0.05, 0) is 24.1 Å². The molecule has 0 radical (unpaired) electrons. The van der Waals surface area contributed by atoms with Gasteiger partial charge in [0.05, 0.1) is 6.04 Å². The third-order valence-corrected chi connectivity index (χ3v) is 3.35. The van der Waals surface area contributed by atoms with Crippen LogP contribution in [0.4, 0.5) is 0 Å². The molecular formula is C14H20ClN3. The average Bonchev–Trinajstić information content (AvgIpc) is 3.04. The number of hydrogen-bond donors (Lipinski definition) is 0. The molecule has 1 fully saturated rings. The zero-order valence-corrected chi connectivity index (χ0v) is 12.1. The van der Waals surface area contributed by atoms with E-state index in [4.69, 9.17) is 16.6 Å². The molecule has 1 aromatic carbocycles. The molecule has 2 rings (SSSR count). The predicted molar refractivity (Wildman–Crippen MR) is 77.4 cm³/mol. The van der Waals surface area contributed by atoms with Crippen LogP contribution in [0, 0.1) is 0 Å². The Labute approximate surface area is 114 Å². The number of benzene rings is 1. The highest BCUT2D eigenvalue weighted by Crippen LogP contribution is 2.44. The summed E-state index contributed by atoms with van der Waals surface area (Å²) in [5.41, 5.74) is 1.30. The molecule has 1 aromatic rings. The third-order valence-electron chi connectivity index (χ3n) is 3.11. The molecule has 3 nitrogen and oxygen atoms in total. The summed E-state index contributed by atoms with van der Waals surface area (Å²) in [6.45, 7) is 0. The van der Waals surface area contributed by atoms with Gasteiger partial charge in [-0.2, -0.15) is 0 Å². The molecule has 0 aromatic heterocycles. The van der Waals surface area contributed by atoms with Crippen LogP contribution < -0.4 is 0 Å².